The lowest BCUT2D eigenvalue weighted by atomic mass is 10.3. The van der Waals surface area contributed by atoms with Crippen molar-refractivity contribution in [2.45, 2.75) is 39.4 Å². The Labute approximate surface area is 126 Å². The van der Waals surface area contributed by atoms with Crippen LogP contribution in [0.4, 0.5) is 5.69 Å². The molecule has 1 N–H and O–H groups in total. The van der Waals surface area contributed by atoms with Crippen LogP contribution < -0.4 is 26.9 Å². The first-order chi connectivity index (χ1) is 8.79. The van der Waals surface area contributed by atoms with Crippen LogP contribution in [0.25, 0.3) is 0 Å². The molecule has 0 spiro atoms. The first-order valence-corrected chi connectivity index (χ1v) is 6.67. The Bertz CT molecular complexity index is 467. The van der Waals surface area contributed by atoms with Gasteiger partial charge in [-0.3, -0.25) is 0 Å². The van der Waals surface area contributed by atoms with Crippen molar-refractivity contribution in [3.8, 4) is 0 Å². The molecule has 4 heteroatoms. The molecule has 0 aliphatic rings. The summed E-state index contributed by atoms with van der Waals surface area (Å²) in [5, 5.41) is 3.48. The second-order valence-electron chi connectivity index (χ2n) is 4.64. The summed E-state index contributed by atoms with van der Waals surface area (Å²) >= 11 is 0. The molecule has 2 aromatic rings. The highest BCUT2D eigenvalue weighted by Gasteiger charge is 2.10. The summed E-state index contributed by atoms with van der Waals surface area (Å²) in [6.07, 6.45) is 9.14. The van der Waals surface area contributed by atoms with E-state index >= 15 is 0 Å². The number of rotatable bonds is 6. The molecular formula is C15H22BrN3. The number of para-hydroxylation sites is 1. The monoisotopic (exact) mass is 323 g/mol. The maximum absolute atomic E-state index is 3.48. The Hall–Kier alpha value is -1.29. The number of aryl methyl sites for hydroxylation is 1. The minimum Gasteiger partial charge on any atom is -1.00 e. The zero-order chi connectivity index (χ0) is 12.8. The third-order valence-corrected chi connectivity index (χ3v) is 3.08. The minimum atomic E-state index is 0. The Morgan fingerprint density at radius 1 is 1.26 bits per heavy atom. The highest BCUT2D eigenvalue weighted by atomic mass is 79.9. The number of halogens is 1. The highest BCUT2D eigenvalue weighted by Crippen LogP contribution is 2.09. The first kappa shape index (κ1) is 15.8. The van der Waals surface area contributed by atoms with Gasteiger partial charge < -0.3 is 22.3 Å². The first-order valence-electron chi connectivity index (χ1n) is 6.67. The van der Waals surface area contributed by atoms with Crippen molar-refractivity contribution in [1.82, 2.24) is 4.57 Å². The molecule has 0 saturated heterocycles. The third kappa shape index (κ3) is 4.71. The van der Waals surface area contributed by atoms with Crippen LogP contribution >= 0.6 is 0 Å². The van der Waals surface area contributed by atoms with E-state index in [1.165, 1.54) is 12.8 Å². The topological polar surface area (TPSA) is 20.8 Å². The molecule has 1 unspecified atom stereocenters. The standard InChI is InChI=1S/C15H22N3.BrH/c1-3-4-10-17-11-12-18(13-17)14(2)16-15-8-6-5-7-9-15;/h5-9,11-14,16H,3-4,10H2,1-2H3;1H/q+1;/p-1. The lowest BCUT2D eigenvalue weighted by molar-refractivity contribution is -0.713. The van der Waals surface area contributed by atoms with Gasteiger partial charge in [0.05, 0.1) is 6.54 Å². The molecular weight excluding hydrogens is 302 g/mol. The number of anilines is 1. The van der Waals surface area contributed by atoms with Gasteiger partial charge in [0.2, 0.25) is 6.33 Å². The average Bonchev–Trinajstić information content (AvgIpc) is 2.86. The fraction of sp³-hybridized carbons (Fsp3) is 0.400. The molecule has 19 heavy (non-hydrogen) atoms. The number of unbranched alkanes of at least 4 members (excludes halogenated alkanes) is 1. The summed E-state index contributed by atoms with van der Waals surface area (Å²) in [6, 6.07) is 10.3. The number of aromatic nitrogens is 2. The van der Waals surface area contributed by atoms with Crippen molar-refractivity contribution < 1.29 is 21.5 Å². The van der Waals surface area contributed by atoms with Gasteiger partial charge in [0, 0.05) is 5.69 Å². The van der Waals surface area contributed by atoms with E-state index in [0.717, 1.165) is 12.2 Å². The maximum atomic E-state index is 3.48. The van der Waals surface area contributed by atoms with Gasteiger partial charge in [0.1, 0.15) is 12.4 Å². The van der Waals surface area contributed by atoms with Crippen molar-refractivity contribution >= 4 is 5.69 Å². The van der Waals surface area contributed by atoms with Crippen LogP contribution in [0, 0.1) is 0 Å². The van der Waals surface area contributed by atoms with Crippen LogP contribution in [0.5, 0.6) is 0 Å². The molecule has 0 aliphatic heterocycles. The van der Waals surface area contributed by atoms with E-state index in [1.54, 1.807) is 0 Å². The molecule has 3 nitrogen and oxygen atoms in total. The summed E-state index contributed by atoms with van der Waals surface area (Å²) in [6.45, 7) is 5.48. The van der Waals surface area contributed by atoms with E-state index in [9.17, 15) is 0 Å². The number of nitrogens with zero attached hydrogens (tertiary/aromatic N) is 2. The van der Waals surface area contributed by atoms with E-state index < -0.39 is 0 Å². The summed E-state index contributed by atoms with van der Waals surface area (Å²) < 4.78 is 4.44. The van der Waals surface area contributed by atoms with Crippen molar-refractivity contribution in [2.75, 3.05) is 5.32 Å². The molecule has 0 fully saturated rings. The van der Waals surface area contributed by atoms with E-state index in [4.69, 9.17) is 0 Å². The van der Waals surface area contributed by atoms with Crippen LogP contribution in [0.2, 0.25) is 0 Å². The van der Waals surface area contributed by atoms with Gasteiger partial charge in [0.25, 0.3) is 0 Å². The largest absolute Gasteiger partial charge is 1.00 e. The van der Waals surface area contributed by atoms with Crippen LogP contribution in [-0.2, 0) is 6.54 Å². The van der Waals surface area contributed by atoms with Crippen molar-refractivity contribution in [3.63, 3.8) is 0 Å². The Morgan fingerprint density at radius 2 is 2.00 bits per heavy atom. The normalized spacial score (nSPS) is 11.7. The lowest BCUT2D eigenvalue weighted by Gasteiger charge is -2.11. The molecule has 0 saturated carbocycles. The van der Waals surface area contributed by atoms with Crippen molar-refractivity contribution in [1.29, 1.82) is 0 Å². The number of benzene rings is 1. The van der Waals surface area contributed by atoms with Gasteiger partial charge in [-0.05, 0) is 25.5 Å². The quantitative estimate of drug-likeness (QED) is 0.754. The summed E-state index contributed by atoms with van der Waals surface area (Å²) in [4.78, 5) is 0. The summed E-state index contributed by atoms with van der Waals surface area (Å²) in [5.41, 5.74) is 1.15. The molecule has 1 atom stereocenters. The number of hydrogen-bond donors (Lipinski definition) is 1. The average molecular weight is 324 g/mol. The van der Waals surface area contributed by atoms with Crippen molar-refractivity contribution in [3.05, 3.63) is 49.1 Å². The molecule has 1 aromatic carbocycles. The zero-order valence-corrected chi connectivity index (χ0v) is 13.2. The maximum Gasteiger partial charge on any atom is 0.245 e. The van der Waals surface area contributed by atoms with Gasteiger partial charge in [0.15, 0.2) is 6.17 Å². The molecule has 0 amide bonds. The predicted octanol–water partition coefficient (Wildman–Crippen LogP) is 0.210. The molecule has 1 aromatic heterocycles. The smallest absolute Gasteiger partial charge is 0.245 e. The summed E-state index contributed by atoms with van der Waals surface area (Å²) in [5.74, 6) is 0. The molecule has 0 radical (unpaired) electrons. The highest BCUT2D eigenvalue weighted by molar-refractivity contribution is 5.42. The van der Waals surface area contributed by atoms with E-state index in [0.29, 0.717) is 0 Å². The fourth-order valence-corrected chi connectivity index (χ4v) is 1.96. The van der Waals surface area contributed by atoms with Gasteiger partial charge in [-0.1, -0.05) is 31.5 Å². The predicted molar refractivity (Wildman–Crippen MR) is 74.3 cm³/mol. The number of imidazole rings is 1. The Balaban J connectivity index is 0.00000180. The molecule has 0 bridgehead atoms. The number of nitrogens with one attached hydrogen (secondary N) is 1. The number of hydrogen-bond acceptors (Lipinski definition) is 1. The van der Waals surface area contributed by atoms with Crippen LogP contribution in [0.1, 0.15) is 32.9 Å². The minimum absolute atomic E-state index is 0. The fourth-order valence-electron chi connectivity index (χ4n) is 1.96. The zero-order valence-electron chi connectivity index (χ0n) is 11.6. The molecule has 104 valence electrons. The lowest BCUT2D eigenvalue weighted by Crippen LogP contribution is -3.00. The second kappa shape index (κ2) is 8.00. The van der Waals surface area contributed by atoms with E-state index in [1.807, 2.05) is 18.2 Å². The molecule has 2 rings (SSSR count). The van der Waals surface area contributed by atoms with Crippen LogP contribution in [-0.4, -0.2) is 4.57 Å². The Morgan fingerprint density at radius 3 is 2.68 bits per heavy atom. The van der Waals surface area contributed by atoms with Gasteiger partial charge in [-0.2, -0.15) is 0 Å². The van der Waals surface area contributed by atoms with E-state index in [-0.39, 0.29) is 23.1 Å². The van der Waals surface area contributed by atoms with Crippen LogP contribution in [0.3, 0.4) is 0 Å². The van der Waals surface area contributed by atoms with E-state index in [2.05, 4.69) is 59.2 Å². The van der Waals surface area contributed by atoms with Gasteiger partial charge >= 0.3 is 0 Å². The van der Waals surface area contributed by atoms with Gasteiger partial charge in [-0.15, -0.1) is 0 Å². The van der Waals surface area contributed by atoms with Crippen LogP contribution in [0.15, 0.2) is 49.1 Å². The second-order valence-corrected chi connectivity index (χ2v) is 4.64. The third-order valence-electron chi connectivity index (χ3n) is 3.08. The van der Waals surface area contributed by atoms with Crippen molar-refractivity contribution in [2.24, 2.45) is 0 Å². The SMILES string of the molecule is CCCCn1cc[n+](C(C)Nc2ccccc2)c1.[Br-]. The molecule has 0 aliphatic carbocycles. The Kier molecular flexibility index (Phi) is 6.64. The summed E-state index contributed by atoms with van der Waals surface area (Å²) in [7, 11) is 0. The van der Waals surface area contributed by atoms with Gasteiger partial charge in [-0.25, -0.2) is 9.13 Å². The molecule has 1 heterocycles.